The summed E-state index contributed by atoms with van der Waals surface area (Å²) in [5, 5.41) is 11.1. The Bertz CT molecular complexity index is 1170. The number of aromatic nitrogens is 3. The van der Waals surface area contributed by atoms with E-state index in [1.807, 2.05) is 18.2 Å². The predicted octanol–water partition coefficient (Wildman–Crippen LogP) is 5.01. The van der Waals surface area contributed by atoms with E-state index in [0.29, 0.717) is 11.7 Å². The van der Waals surface area contributed by atoms with Crippen molar-refractivity contribution in [3.63, 3.8) is 0 Å². The van der Waals surface area contributed by atoms with Gasteiger partial charge in [0.2, 0.25) is 11.7 Å². The van der Waals surface area contributed by atoms with Crippen LogP contribution in [0.25, 0.3) is 22.6 Å². The number of nitrogens with zero attached hydrogens (tertiary/aromatic N) is 3. The van der Waals surface area contributed by atoms with E-state index < -0.39 is 0 Å². The van der Waals surface area contributed by atoms with Crippen molar-refractivity contribution in [2.75, 3.05) is 19.8 Å². The van der Waals surface area contributed by atoms with Crippen LogP contribution in [0.3, 0.4) is 0 Å². The fraction of sp³-hybridized carbons (Fsp3) is 0.320. The average Bonchev–Trinajstić information content (AvgIpc) is 3.51. The highest BCUT2D eigenvalue weighted by molar-refractivity contribution is 7.10. The lowest BCUT2D eigenvalue weighted by atomic mass is 9.80. The van der Waals surface area contributed by atoms with Gasteiger partial charge in [-0.05, 0) is 24.5 Å². The molecule has 164 valence electrons. The van der Waals surface area contributed by atoms with Gasteiger partial charge >= 0.3 is 0 Å². The summed E-state index contributed by atoms with van der Waals surface area (Å²) < 4.78 is 10.8. The van der Waals surface area contributed by atoms with Crippen molar-refractivity contribution < 1.29 is 9.26 Å². The maximum absolute atomic E-state index is 5.70. The van der Waals surface area contributed by atoms with Crippen LogP contribution in [0.15, 0.2) is 64.5 Å². The van der Waals surface area contributed by atoms with Crippen molar-refractivity contribution in [1.82, 2.24) is 20.4 Å². The van der Waals surface area contributed by atoms with Crippen LogP contribution in [-0.2, 0) is 16.7 Å². The Morgan fingerprint density at radius 1 is 1.00 bits per heavy atom. The molecule has 0 saturated carbocycles. The summed E-state index contributed by atoms with van der Waals surface area (Å²) >= 11 is 1.76. The minimum absolute atomic E-state index is 0.00165. The number of rotatable bonds is 7. The fourth-order valence-electron chi connectivity index (χ4n) is 4.17. The molecule has 0 spiro atoms. The lowest BCUT2D eigenvalue weighted by Gasteiger charge is -2.35. The zero-order valence-corrected chi connectivity index (χ0v) is 18.9. The van der Waals surface area contributed by atoms with Gasteiger partial charge in [0, 0.05) is 55.1 Å². The smallest absolute Gasteiger partial charge is 0.223 e. The Morgan fingerprint density at radius 3 is 2.59 bits per heavy atom. The lowest BCUT2D eigenvalue weighted by Crippen LogP contribution is -2.42. The zero-order valence-electron chi connectivity index (χ0n) is 18.1. The molecule has 1 fully saturated rings. The standard InChI is InChI=1S/C25H26N4O2S/c1-18-27-23(29-31-18)21-9-5-6-19(14-21)15-26-17-25(10-12-30-13-11-25)24-28-22(16-32-24)20-7-3-2-4-8-20/h2-9,14,16,26H,10-13,15,17H2,1H3. The van der Waals surface area contributed by atoms with Crippen molar-refractivity contribution in [3.05, 3.63) is 76.4 Å². The molecule has 2 aromatic heterocycles. The Labute approximate surface area is 191 Å². The van der Waals surface area contributed by atoms with Gasteiger partial charge in [-0.25, -0.2) is 4.98 Å². The van der Waals surface area contributed by atoms with Crippen molar-refractivity contribution in [1.29, 1.82) is 0 Å². The van der Waals surface area contributed by atoms with Gasteiger partial charge in [-0.1, -0.05) is 53.7 Å². The fourth-order valence-corrected chi connectivity index (χ4v) is 5.26. The highest BCUT2D eigenvalue weighted by Gasteiger charge is 2.37. The molecule has 2 aromatic carbocycles. The van der Waals surface area contributed by atoms with E-state index in [1.54, 1.807) is 18.3 Å². The van der Waals surface area contributed by atoms with E-state index in [4.69, 9.17) is 14.2 Å². The lowest BCUT2D eigenvalue weighted by molar-refractivity contribution is 0.0497. The molecule has 0 aliphatic carbocycles. The van der Waals surface area contributed by atoms with Crippen LogP contribution in [-0.4, -0.2) is 34.9 Å². The first-order valence-corrected chi connectivity index (χ1v) is 11.8. The molecule has 5 rings (SSSR count). The van der Waals surface area contributed by atoms with Gasteiger partial charge in [-0.15, -0.1) is 11.3 Å². The van der Waals surface area contributed by atoms with Crippen LogP contribution < -0.4 is 5.32 Å². The van der Waals surface area contributed by atoms with Gasteiger partial charge in [0.25, 0.3) is 0 Å². The molecule has 0 unspecified atom stereocenters. The number of aryl methyl sites for hydroxylation is 1. The third-order valence-corrected chi connectivity index (χ3v) is 7.07. The van der Waals surface area contributed by atoms with E-state index in [9.17, 15) is 0 Å². The van der Waals surface area contributed by atoms with Crippen molar-refractivity contribution >= 4 is 11.3 Å². The molecular weight excluding hydrogens is 420 g/mol. The molecule has 6 nitrogen and oxygen atoms in total. The first-order valence-electron chi connectivity index (χ1n) is 10.9. The number of hydrogen-bond donors (Lipinski definition) is 1. The summed E-state index contributed by atoms with van der Waals surface area (Å²) in [4.78, 5) is 9.39. The van der Waals surface area contributed by atoms with Gasteiger partial charge in [0.05, 0.1) is 5.69 Å². The first kappa shape index (κ1) is 21.0. The molecule has 0 amide bonds. The maximum Gasteiger partial charge on any atom is 0.223 e. The molecule has 7 heteroatoms. The summed E-state index contributed by atoms with van der Waals surface area (Å²) in [7, 11) is 0. The van der Waals surface area contributed by atoms with Crippen LogP contribution >= 0.6 is 11.3 Å². The maximum atomic E-state index is 5.70. The van der Waals surface area contributed by atoms with Crippen LogP contribution in [0, 0.1) is 6.92 Å². The molecule has 0 radical (unpaired) electrons. The first-order chi connectivity index (χ1) is 15.7. The minimum Gasteiger partial charge on any atom is -0.381 e. The molecule has 4 aromatic rings. The second-order valence-electron chi connectivity index (χ2n) is 8.24. The monoisotopic (exact) mass is 446 g/mol. The molecule has 1 N–H and O–H groups in total. The van der Waals surface area contributed by atoms with Gasteiger partial charge < -0.3 is 14.6 Å². The van der Waals surface area contributed by atoms with Crippen molar-refractivity contribution in [2.45, 2.75) is 31.7 Å². The largest absolute Gasteiger partial charge is 0.381 e. The van der Waals surface area contributed by atoms with E-state index in [0.717, 1.165) is 50.4 Å². The van der Waals surface area contributed by atoms with Crippen LogP contribution in [0.5, 0.6) is 0 Å². The van der Waals surface area contributed by atoms with Gasteiger partial charge in [0.1, 0.15) is 5.01 Å². The average molecular weight is 447 g/mol. The molecule has 1 aliphatic heterocycles. The van der Waals surface area contributed by atoms with Gasteiger partial charge in [0.15, 0.2) is 0 Å². The Morgan fingerprint density at radius 2 is 1.81 bits per heavy atom. The van der Waals surface area contributed by atoms with Crippen LogP contribution in [0.1, 0.15) is 29.3 Å². The molecule has 1 saturated heterocycles. The molecule has 1 aliphatic rings. The number of ether oxygens (including phenoxy) is 1. The Kier molecular flexibility index (Phi) is 6.12. The number of thiazole rings is 1. The summed E-state index contributed by atoms with van der Waals surface area (Å²) in [5.41, 5.74) is 4.38. The summed E-state index contributed by atoms with van der Waals surface area (Å²) in [6.45, 7) is 4.98. The highest BCUT2D eigenvalue weighted by Crippen LogP contribution is 2.38. The van der Waals surface area contributed by atoms with Crippen LogP contribution in [0.4, 0.5) is 0 Å². The number of hydrogen-bond acceptors (Lipinski definition) is 7. The SMILES string of the molecule is Cc1nc(-c2cccc(CNCC3(c4nc(-c5ccccc5)cs4)CCOCC3)c2)no1. The van der Waals surface area contributed by atoms with E-state index in [1.165, 1.54) is 16.1 Å². The summed E-state index contributed by atoms with van der Waals surface area (Å²) in [5.74, 6) is 1.20. The van der Waals surface area contributed by atoms with E-state index in [-0.39, 0.29) is 5.41 Å². The normalized spacial score (nSPS) is 15.7. The number of benzene rings is 2. The predicted molar refractivity (Wildman–Crippen MR) is 125 cm³/mol. The molecule has 0 atom stereocenters. The quantitative estimate of drug-likeness (QED) is 0.430. The van der Waals surface area contributed by atoms with Crippen LogP contribution in [0.2, 0.25) is 0 Å². The van der Waals surface area contributed by atoms with Gasteiger partial charge in [-0.3, -0.25) is 0 Å². The summed E-state index contributed by atoms with van der Waals surface area (Å²) in [6.07, 6.45) is 1.95. The van der Waals surface area contributed by atoms with Crippen molar-refractivity contribution in [3.8, 4) is 22.6 Å². The van der Waals surface area contributed by atoms with E-state index in [2.05, 4.69) is 57.2 Å². The second-order valence-corrected chi connectivity index (χ2v) is 9.10. The van der Waals surface area contributed by atoms with Crippen molar-refractivity contribution in [2.24, 2.45) is 0 Å². The zero-order chi connectivity index (χ0) is 21.8. The number of nitrogens with one attached hydrogen (secondary N) is 1. The Hall–Kier alpha value is -2.87. The summed E-state index contributed by atoms with van der Waals surface area (Å²) in [6, 6.07) is 18.7. The third kappa shape index (κ3) is 4.50. The molecule has 32 heavy (non-hydrogen) atoms. The third-order valence-electron chi connectivity index (χ3n) is 5.98. The highest BCUT2D eigenvalue weighted by atomic mass is 32.1. The van der Waals surface area contributed by atoms with E-state index >= 15 is 0 Å². The second kappa shape index (κ2) is 9.32. The topological polar surface area (TPSA) is 73.1 Å². The Balaban J connectivity index is 1.31. The minimum atomic E-state index is -0.00165. The molecule has 3 heterocycles. The van der Waals surface area contributed by atoms with Gasteiger partial charge in [-0.2, -0.15) is 4.98 Å². The molecular formula is C25H26N4O2S. The molecule has 0 bridgehead atoms.